The minimum atomic E-state index is 0. The Morgan fingerprint density at radius 2 is 2.31 bits per heavy atom. The molecular formula is C11H12ClN. The summed E-state index contributed by atoms with van der Waals surface area (Å²) in [5.74, 6) is 0. The van der Waals surface area contributed by atoms with Gasteiger partial charge in [0.2, 0.25) is 0 Å². The molecule has 1 heterocycles. The Morgan fingerprint density at radius 3 is 2.92 bits per heavy atom. The first-order valence-electron chi connectivity index (χ1n) is 4.19. The van der Waals surface area contributed by atoms with E-state index in [1.54, 1.807) is 0 Å². The van der Waals surface area contributed by atoms with Crippen LogP contribution in [-0.2, 0) is 6.42 Å². The van der Waals surface area contributed by atoms with Crippen LogP contribution in [0, 0.1) is 0 Å². The van der Waals surface area contributed by atoms with Crippen molar-refractivity contribution in [2.75, 3.05) is 0 Å². The van der Waals surface area contributed by atoms with E-state index in [-0.39, 0.29) is 12.4 Å². The normalized spacial score (nSPS) is 13.7. The fourth-order valence-corrected chi connectivity index (χ4v) is 1.38. The van der Waals surface area contributed by atoms with Gasteiger partial charge in [-0.15, -0.1) is 12.4 Å². The number of halogens is 1. The van der Waals surface area contributed by atoms with E-state index in [2.05, 4.69) is 29.3 Å². The highest BCUT2D eigenvalue weighted by atomic mass is 35.5. The third-order valence-corrected chi connectivity index (χ3v) is 1.98. The van der Waals surface area contributed by atoms with Crippen molar-refractivity contribution in [3.8, 4) is 0 Å². The summed E-state index contributed by atoms with van der Waals surface area (Å²) in [6, 6.07) is 4.09. The second-order valence-corrected chi connectivity index (χ2v) is 2.96. The number of allylic oxidation sites excluding steroid dienone is 4. The Morgan fingerprint density at radius 1 is 1.38 bits per heavy atom. The highest BCUT2D eigenvalue weighted by Crippen LogP contribution is 2.13. The largest absolute Gasteiger partial charge is 0.264 e. The summed E-state index contributed by atoms with van der Waals surface area (Å²) < 4.78 is 0. The van der Waals surface area contributed by atoms with Crippen molar-refractivity contribution in [2.45, 2.75) is 12.8 Å². The Hall–Kier alpha value is -1.08. The molecule has 0 unspecified atom stereocenters. The molecule has 0 saturated carbocycles. The van der Waals surface area contributed by atoms with Crippen molar-refractivity contribution >= 4 is 12.4 Å². The number of hydrogen-bond acceptors (Lipinski definition) is 1. The molecule has 1 aliphatic rings. The lowest BCUT2D eigenvalue weighted by Crippen LogP contribution is -1.86. The maximum absolute atomic E-state index is 4.08. The topological polar surface area (TPSA) is 12.9 Å². The molecule has 0 fully saturated rings. The van der Waals surface area contributed by atoms with Crippen LogP contribution in [0.25, 0.3) is 0 Å². The fraction of sp³-hybridized carbons (Fsp3) is 0.182. The average molecular weight is 194 g/mol. The van der Waals surface area contributed by atoms with E-state index in [4.69, 9.17) is 0 Å². The minimum Gasteiger partial charge on any atom is -0.264 e. The van der Waals surface area contributed by atoms with Crippen LogP contribution in [0.4, 0.5) is 0 Å². The Balaban J connectivity index is 0.000000845. The molecule has 0 aliphatic heterocycles. The molecule has 0 amide bonds. The van der Waals surface area contributed by atoms with Crippen LogP contribution in [0.15, 0.2) is 48.3 Å². The van der Waals surface area contributed by atoms with E-state index >= 15 is 0 Å². The van der Waals surface area contributed by atoms with Crippen LogP contribution >= 0.6 is 12.4 Å². The van der Waals surface area contributed by atoms with Gasteiger partial charge in [-0.25, -0.2) is 0 Å². The van der Waals surface area contributed by atoms with Gasteiger partial charge in [0.05, 0.1) is 0 Å². The average Bonchev–Trinajstić information content (AvgIpc) is 2.59. The van der Waals surface area contributed by atoms with Crippen LogP contribution in [0.1, 0.15) is 12.0 Å². The summed E-state index contributed by atoms with van der Waals surface area (Å²) in [5.41, 5.74) is 2.69. The van der Waals surface area contributed by atoms with Crippen LogP contribution in [0.3, 0.4) is 0 Å². The number of pyridine rings is 1. The quantitative estimate of drug-likeness (QED) is 0.704. The van der Waals surface area contributed by atoms with Gasteiger partial charge in [-0.2, -0.15) is 0 Å². The van der Waals surface area contributed by atoms with Crippen LogP contribution in [-0.4, -0.2) is 4.98 Å². The smallest absolute Gasteiger partial charge is 0.0303 e. The standard InChI is InChI=1S/C11H11N.ClH/c1-2-5-10(4-1)8-11-6-3-7-12-9-11;/h1,3-7,9H,2,8H2;1H. The summed E-state index contributed by atoms with van der Waals surface area (Å²) in [6.45, 7) is 0. The van der Waals surface area contributed by atoms with Crippen molar-refractivity contribution in [1.29, 1.82) is 0 Å². The molecule has 0 aromatic carbocycles. The molecule has 0 saturated heterocycles. The summed E-state index contributed by atoms with van der Waals surface area (Å²) >= 11 is 0. The Bertz CT molecular complexity index is 314. The zero-order chi connectivity index (χ0) is 8.23. The van der Waals surface area contributed by atoms with Gasteiger partial charge in [0.1, 0.15) is 0 Å². The molecule has 13 heavy (non-hydrogen) atoms. The second-order valence-electron chi connectivity index (χ2n) is 2.96. The minimum absolute atomic E-state index is 0. The van der Waals surface area contributed by atoms with Gasteiger partial charge < -0.3 is 0 Å². The van der Waals surface area contributed by atoms with E-state index in [0.717, 1.165) is 12.8 Å². The van der Waals surface area contributed by atoms with Gasteiger partial charge in [0.15, 0.2) is 0 Å². The first-order chi connectivity index (χ1) is 5.95. The van der Waals surface area contributed by atoms with E-state index < -0.39 is 0 Å². The molecule has 0 N–H and O–H groups in total. The third kappa shape index (κ3) is 2.71. The van der Waals surface area contributed by atoms with Gasteiger partial charge in [-0.3, -0.25) is 4.98 Å². The summed E-state index contributed by atoms with van der Waals surface area (Å²) in [5, 5.41) is 0. The van der Waals surface area contributed by atoms with E-state index in [9.17, 15) is 0 Å². The Kier molecular flexibility index (Phi) is 3.71. The Labute approximate surface area is 84.6 Å². The van der Waals surface area contributed by atoms with Crippen molar-refractivity contribution in [1.82, 2.24) is 4.98 Å². The van der Waals surface area contributed by atoms with Crippen molar-refractivity contribution in [3.05, 3.63) is 53.9 Å². The number of rotatable bonds is 2. The highest BCUT2D eigenvalue weighted by Gasteiger charge is 1.98. The van der Waals surface area contributed by atoms with E-state index in [1.165, 1.54) is 11.1 Å². The zero-order valence-electron chi connectivity index (χ0n) is 7.31. The number of aromatic nitrogens is 1. The molecule has 2 heteroatoms. The molecule has 1 aliphatic carbocycles. The monoisotopic (exact) mass is 193 g/mol. The van der Waals surface area contributed by atoms with Gasteiger partial charge in [-0.1, -0.05) is 24.3 Å². The summed E-state index contributed by atoms with van der Waals surface area (Å²) in [4.78, 5) is 4.08. The molecule has 0 spiro atoms. The maximum atomic E-state index is 4.08. The van der Waals surface area contributed by atoms with Crippen molar-refractivity contribution in [3.63, 3.8) is 0 Å². The van der Waals surface area contributed by atoms with Gasteiger partial charge in [-0.05, 0) is 30.0 Å². The molecule has 1 aromatic heterocycles. The van der Waals surface area contributed by atoms with Gasteiger partial charge in [0.25, 0.3) is 0 Å². The highest BCUT2D eigenvalue weighted by molar-refractivity contribution is 5.85. The number of hydrogen-bond donors (Lipinski definition) is 0. The third-order valence-electron chi connectivity index (χ3n) is 1.98. The van der Waals surface area contributed by atoms with Gasteiger partial charge >= 0.3 is 0 Å². The molecule has 2 rings (SSSR count). The van der Waals surface area contributed by atoms with Crippen molar-refractivity contribution in [2.24, 2.45) is 0 Å². The zero-order valence-corrected chi connectivity index (χ0v) is 8.13. The first kappa shape index (κ1) is 10.0. The summed E-state index contributed by atoms with van der Waals surface area (Å²) in [6.07, 6.45) is 12.5. The summed E-state index contributed by atoms with van der Waals surface area (Å²) in [7, 11) is 0. The molecular weight excluding hydrogens is 182 g/mol. The SMILES string of the molecule is C1=CC(Cc2cccnc2)=CC1.Cl. The maximum Gasteiger partial charge on any atom is 0.0303 e. The van der Waals surface area contributed by atoms with Crippen molar-refractivity contribution < 1.29 is 0 Å². The lowest BCUT2D eigenvalue weighted by molar-refractivity contribution is 1.15. The molecule has 0 radical (unpaired) electrons. The van der Waals surface area contributed by atoms with Crippen LogP contribution in [0.5, 0.6) is 0 Å². The molecule has 68 valence electrons. The van der Waals surface area contributed by atoms with Crippen LogP contribution < -0.4 is 0 Å². The first-order valence-corrected chi connectivity index (χ1v) is 4.19. The predicted octanol–water partition coefficient (Wildman–Crippen LogP) is 2.93. The fourth-order valence-electron chi connectivity index (χ4n) is 1.38. The molecule has 0 bridgehead atoms. The molecule has 1 nitrogen and oxygen atoms in total. The molecule has 0 atom stereocenters. The molecule has 1 aromatic rings. The van der Waals surface area contributed by atoms with E-state index in [1.807, 2.05) is 18.5 Å². The lowest BCUT2D eigenvalue weighted by Gasteiger charge is -1.98. The lowest BCUT2D eigenvalue weighted by atomic mass is 10.1. The van der Waals surface area contributed by atoms with E-state index in [0.29, 0.717) is 0 Å². The predicted molar refractivity (Wildman–Crippen MR) is 57.0 cm³/mol. The van der Waals surface area contributed by atoms with Gasteiger partial charge in [0, 0.05) is 12.4 Å². The number of nitrogens with zero attached hydrogens (tertiary/aromatic N) is 1. The second kappa shape index (κ2) is 4.83. The van der Waals surface area contributed by atoms with Crippen LogP contribution in [0.2, 0.25) is 0 Å².